The minimum atomic E-state index is -1.99. The summed E-state index contributed by atoms with van der Waals surface area (Å²) in [4.78, 5) is 0. The van der Waals surface area contributed by atoms with Crippen molar-refractivity contribution in [2.75, 3.05) is 7.05 Å². The van der Waals surface area contributed by atoms with Gasteiger partial charge in [-0.05, 0) is 17.8 Å². The van der Waals surface area contributed by atoms with Crippen LogP contribution in [0.3, 0.4) is 0 Å². The normalized spacial score (nSPS) is 11.9. The molecular formula is C12H13NO2. The van der Waals surface area contributed by atoms with Crippen LogP contribution in [0.1, 0.15) is 5.56 Å². The molecule has 2 rings (SSSR count). The Labute approximate surface area is 88.0 Å². The molecule has 0 spiro atoms. The van der Waals surface area contributed by atoms with Gasteiger partial charge < -0.3 is 10.2 Å². The topological polar surface area (TPSA) is 52.5 Å². The molecular weight excluding hydrogens is 190 g/mol. The van der Waals surface area contributed by atoms with Gasteiger partial charge in [0.15, 0.2) is 0 Å². The molecule has 0 aliphatic carbocycles. The number of hydrogen-bond donors (Lipinski definition) is 3. The van der Waals surface area contributed by atoms with Gasteiger partial charge in [-0.3, -0.25) is 5.32 Å². The van der Waals surface area contributed by atoms with Gasteiger partial charge in [0.1, 0.15) is 0 Å². The highest BCUT2D eigenvalue weighted by molar-refractivity contribution is 5.86. The predicted molar refractivity (Wildman–Crippen MR) is 59.1 cm³/mol. The highest BCUT2D eigenvalue weighted by Gasteiger charge is 2.24. The molecule has 3 heteroatoms. The molecule has 15 heavy (non-hydrogen) atoms. The number of rotatable bonds is 2. The Morgan fingerprint density at radius 1 is 1.00 bits per heavy atom. The maximum atomic E-state index is 9.74. The van der Waals surface area contributed by atoms with Crippen molar-refractivity contribution in [2.24, 2.45) is 0 Å². The van der Waals surface area contributed by atoms with Crippen LogP contribution < -0.4 is 5.32 Å². The molecule has 78 valence electrons. The summed E-state index contributed by atoms with van der Waals surface area (Å²) >= 11 is 0. The lowest BCUT2D eigenvalue weighted by Crippen LogP contribution is -2.39. The molecule has 0 heterocycles. The van der Waals surface area contributed by atoms with E-state index < -0.39 is 5.91 Å². The van der Waals surface area contributed by atoms with Gasteiger partial charge in [-0.1, -0.05) is 42.5 Å². The first-order valence-electron chi connectivity index (χ1n) is 4.77. The van der Waals surface area contributed by atoms with Gasteiger partial charge in [-0.15, -0.1) is 0 Å². The molecule has 3 nitrogen and oxygen atoms in total. The van der Waals surface area contributed by atoms with Crippen LogP contribution in [0.2, 0.25) is 0 Å². The van der Waals surface area contributed by atoms with Crippen LogP contribution in [0.4, 0.5) is 0 Å². The summed E-state index contributed by atoms with van der Waals surface area (Å²) in [6, 6.07) is 13.0. The molecule has 0 atom stereocenters. The van der Waals surface area contributed by atoms with Crippen molar-refractivity contribution in [1.82, 2.24) is 5.32 Å². The molecule has 0 aromatic heterocycles. The first kappa shape index (κ1) is 10.1. The molecule has 0 bridgehead atoms. The third kappa shape index (κ3) is 1.72. The van der Waals surface area contributed by atoms with Crippen molar-refractivity contribution < 1.29 is 10.2 Å². The Morgan fingerprint density at radius 3 is 2.40 bits per heavy atom. The fourth-order valence-electron chi connectivity index (χ4n) is 1.66. The summed E-state index contributed by atoms with van der Waals surface area (Å²) in [6.45, 7) is 0. The fourth-order valence-corrected chi connectivity index (χ4v) is 1.66. The zero-order chi connectivity index (χ0) is 10.9. The zero-order valence-electron chi connectivity index (χ0n) is 8.44. The van der Waals surface area contributed by atoms with Gasteiger partial charge in [0.2, 0.25) is 0 Å². The Balaban J connectivity index is 2.71. The molecule has 2 aromatic carbocycles. The standard InChI is InChI=1S/C12H13NO2/c1-13-12(14,15)11-8-4-6-9-5-2-3-7-10(9)11/h2-8,13-15H,1H3. The first-order chi connectivity index (χ1) is 7.15. The third-order valence-electron chi connectivity index (χ3n) is 2.51. The molecule has 0 amide bonds. The Morgan fingerprint density at radius 2 is 1.67 bits per heavy atom. The molecule has 3 N–H and O–H groups in total. The minimum absolute atomic E-state index is 0.461. The number of hydrogen-bond acceptors (Lipinski definition) is 3. The van der Waals surface area contributed by atoms with E-state index >= 15 is 0 Å². The second-order valence-electron chi connectivity index (χ2n) is 3.45. The molecule has 0 saturated heterocycles. The van der Waals surface area contributed by atoms with Crippen molar-refractivity contribution >= 4 is 10.8 Å². The average Bonchev–Trinajstić information content (AvgIpc) is 2.28. The van der Waals surface area contributed by atoms with E-state index in [0.29, 0.717) is 5.56 Å². The lowest BCUT2D eigenvalue weighted by Gasteiger charge is -2.22. The van der Waals surface area contributed by atoms with Crippen molar-refractivity contribution in [1.29, 1.82) is 0 Å². The Kier molecular flexibility index (Phi) is 2.44. The predicted octanol–water partition coefficient (Wildman–Crippen LogP) is 1.15. The summed E-state index contributed by atoms with van der Waals surface area (Å²) < 4.78 is 0. The quantitative estimate of drug-likeness (QED) is 0.642. The highest BCUT2D eigenvalue weighted by atomic mass is 16.5. The van der Waals surface area contributed by atoms with Crippen LogP contribution in [0.15, 0.2) is 42.5 Å². The van der Waals surface area contributed by atoms with Crippen molar-refractivity contribution in [3.8, 4) is 0 Å². The van der Waals surface area contributed by atoms with Crippen molar-refractivity contribution in [3.63, 3.8) is 0 Å². The highest BCUT2D eigenvalue weighted by Crippen LogP contribution is 2.24. The molecule has 0 saturated carbocycles. The maximum absolute atomic E-state index is 9.74. The van der Waals surface area contributed by atoms with Crippen LogP contribution >= 0.6 is 0 Å². The monoisotopic (exact) mass is 203 g/mol. The van der Waals surface area contributed by atoms with Crippen LogP contribution in [-0.2, 0) is 5.91 Å². The van der Waals surface area contributed by atoms with Crippen LogP contribution in [0, 0.1) is 0 Å². The van der Waals surface area contributed by atoms with E-state index in [2.05, 4.69) is 5.32 Å². The third-order valence-corrected chi connectivity index (χ3v) is 2.51. The molecule has 0 radical (unpaired) electrons. The zero-order valence-corrected chi connectivity index (χ0v) is 8.44. The molecule has 0 aliphatic rings. The number of aliphatic hydroxyl groups is 2. The first-order valence-corrected chi connectivity index (χ1v) is 4.77. The summed E-state index contributed by atoms with van der Waals surface area (Å²) in [5, 5.41) is 23.8. The van der Waals surface area contributed by atoms with E-state index in [4.69, 9.17) is 0 Å². The van der Waals surface area contributed by atoms with E-state index in [1.165, 1.54) is 7.05 Å². The second-order valence-corrected chi connectivity index (χ2v) is 3.45. The summed E-state index contributed by atoms with van der Waals surface area (Å²) in [6.07, 6.45) is 0. The Bertz CT molecular complexity index is 475. The van der Waals surface area contributed by atoms with Gasteiger partial charge in [0.25, 0.3) is 5.91 Å². The lowest BCUT2D eigenvalue weighted by atomic mass is 10.0. The number of nitrogens with one attached hydrogen (secondary N) is 1. The van der Waals surface area contributed by atoms with E-state index in [-0.39, 0.29) is 0 Å². The second kappa shape index (κ2) is 3.62. The SMILES string of the molecule is CNC(O)(O)c1cccc2ccccc12. The van der Waals surface area contributed by atoms with E-state index in [0.717, 1.165) is 10.8 Å². The molecule has 0 aliphatic heterocycles. The van der Waals surface area contributed by atoms with Gasteiger partial charge in [-0.2, -0.15) is 0 Å². The number of fused-ring (bicyclic) bond motifs is 1. The van der Waals surface area contributed by atoms with E-state index in [1.807, 2.05) is 30.3 Å². The maximum Gasteiger partial charge on any atom is 0.251 e. The van der Waals surface area contributed by atoms with Crippen LogP contribution in [0.25, 0.3) is 10.8 Å². The summed E-state index contributed by atoms with van der Waals surface area (Å²) in [5.41, 5.74) is 0.461. The smallest absolute Gasteiger partial charge is 0.251 e. The number of benzene rings is 2. The van der Waals surface area contributed by atoms with Gasteiger partial charge in [0.05, 0.1) is 0 Å². The molecule has 0 fully saturated rings. The lowest BCUT2D eigenvalue weighted by molar-refractivity contribution is -0.189. The van der Waals surface area contributed by atoms with Gasteiger partial charge in [0, 0.05) is 5.56 Å². The van der Waals surface area contributed by atoms with Crippen molar-refractivity contribution in [3.05, 3.63) is 48.0 Å². The molecule has 2 aromatic rings. The van der Waals surface area contributed by atoms with Crippen LogP contribution in [0.5, 0.6) is 0 Å². The average molecular weight is 203 g/mol. The van der Waals surface area contributed by atoms with E-state index in [1.54, 1.807) is 12.1 Å². The van der Waals surface area contributed by atoms with Gasteiger partial charge in [-0.25, -0.2) is 0 Å². The van der Waals surface area contributed by atoms with E-state index in [9.17, 15) is 10.2 Å². The summed E-state index contributed by atoms with van der Waals surface area (Å²) in [7, 11) is 1.50. The Hall–Kier alpha value is -1.42. The molecule has 0 unspecified atom stereocenters. The minimum Gasteiger partial charge on any atom is -0.350 e. The van der Waals surface area contributed by atoms with Crippen molar-refractivity contribution in [2.45, 2.75) is 5.91 Å². The van der Waals surface area contributed by atoms with Crippen LogP contribution in [-0.4, -0.2) is 17.3 Å². The van der Waals surface area contributed by atoms with Gasteiger partial charge >= 0.3 is 0 Å². The largest absolute Gasteiger partial charge is 0.350 e. The fraction of sp³-hybridized carbons (Fsp3) is 0.167. The summed E-state index contributed by atoms with van der Waals surface area (Å²) in [5.74, 6) is -1.99.